The zero-order valence-corrected chi connectivity index (χ0v) is 17.2. The Morgan fingerprint density at radius 1 is 1.07 bits per heavy atom. The van der Waals surface area contributed by atoms with E-state index < -0.39 is 15.4 Å². The van der Waals surface area contributed by atoms with E-state index in [0.717, 1.165) is 12.1 Å². The van der Waals surface area contributed by atoms with Crippen molar-refractivity contribution in [3.8, 4) is 0 Å². The van der Waals surface area contributed by atoms with Crippen molar-refractivity contribution in [2.24, 2.45) is 5.92 Å². The van der Waals surface area contributed by atoms with E-state index in [9.17, 15) is 18.0 Å². The maximum absolute atomic E-state index is 13.4. The molecule has 1 amide bonds. The fourth-order valence-corrected chi connectivity index (χ4v) is 6.50. The number of nitrogens with one attached hydrogen (secondary N) is 1. The van der Waals surface area contributed by atoms with Gasteiger partial charge in [-0.2, -0.15) is 4.31 Å². The van der Waals surface area contributed by atoms with Crippen LogP contribution in [0.3, 0.4) is 0 Å². The Labute approximate surface area is 169 Å². The van der Waals surface area contributed by atoms with Gasteiger partial charge in [-0.1, -0.05) is 6.07 Å². The fraction of sp³-hybridized carbons (Fsp3) is 0.429. The molecule has 4 heterocycles. The van der Waals surface area contributed by atoms with Gasteiger partial charge in [-0.05, 0) is 56.0 Å². The van der Waals surface area contributed by atoms with Gasteiger partial charge in [0, 0.05) is 43.0 Å². The molecule has 1 fully saturated rings. The molecule has 29 heavy (non-hydrogen) atoms. The van der Waals surface area contributed by atoms with Crippen LogP contribution in [0.2, 0.25) is 0 Å². The Hall–Kier alpha value is -2.45. The van der Waals surface area contributed by atoms with Crippen LogP contribution in [0, 0.1) is 5.92 Å². The van der Waals surface area contributed by atoms with Crippen molar-refractivity contribution in [1.29, 1.82) is 0 Å². The lowest BCUT2D eigenvalue weighted by Crippen LogP contribution is -2.49. The number of nitrogens with zero attached hydrogens (tertiary/aromatic N) is 2. The Morgan fingerprint density at radius 3 is 2.66 bits per heavy atom. The number of rotatable bonds is 2. The van der Waals surface area contributed by atoms with Crippen LogP contribution in [0.5, 0.6) is 0 Å². The van der Waals surface area contributed by atoms with Gasteiger partial charge >= 0.3 is 0 Å². The van der Waals surface area contributed by atoms with Crippen LogP contribution >= 0.6 is 0 Å². The average Bonchev–Trinajstić information content (AvgIpc) is 2.91. The number of carbonyl (C=O) groups excluding carboxylic acids is 1. The predicted molar refractivity (Wildman–Crippen MR) is 108 cm³/mol. The second-order valence-corrected chi connectivity index (χ2v) is 10.7. The number of amides is 1. The van der Waals surface area contributed by atoms with E-state index in [4.69, 9.17) is 0 Å². The molecular weight excluding hydrogens is 390 g/mol. The second kappa shape index (κ2) is 6.03. The quantitative estimate of drug-likeness (QED) is 0.814. The third kappa shape index (κ3) is 2.69. The molecule has 7 nitrogen and oxygen atoms in total. The number of anilines is 1. The summed E-state index contributed by atoms with van der Waals surface area (Å²) in [6.07, 6.45) is 0.894. The highest BCUT2D eigenvalue weighted by molar-refractivity contribution is 7.89. The maximum Gasteiger partial charge on any atom is 0.250 e. The number of benzene rings is 1. The molecule has 0 aliphatic carbocycles. The van der Waals surface area contributed by atoms with Crippen molar-refractivity contribution < 1.29 is 13.2 Å². The van der Waals surface area contributed by atoms with Gasteiger partial charge in [-0.3, -0.25) is 9.59 Å². The Balaban J connectivity index is 1.51. The number of piperidine rings is 1. The zero-order chi connectivity index (χ0) is 20.6. The first-order valence-electron chi connectivity index (χ1n) is 9.84. The molecule has 2 unspecified atom stereocenters. The molecule has 5 rings (SSSR count). The highest BCUT2D eigenvalue weighted by atomic mass is 32.2. The third-order valence-corrected chi connectivity index (χ3v) is 8.39. The van der Waals surface area contributed by atoms with Crippen LogP contribution in [-0.4, -0.2) is 36.3 Å². The Morgan fingerprint density at radius 2 is 1.86 bits per heavy atom. The average molecular weight is 413 g/mol. The normalized spacial score (nSPS) is 25.2. The van der Waals surface area contributed by atoms with Crippen molar-refractivity contribution in [3.63, 3.8) is 0 Å². The molecule has 152 valence electrons. The van der Waals surface area contributed by atoms with Crippen molar-refractivity contribution in [1.82, 2.24) is 8.87 Å². The molecule has 1 aromatic heterocycles. The highest BCUT2D eigenvalue weighted by Gasteiger charge is 2.42. The molecular formula is C21H23N3O4S. The molecule has 1 aromatic carbocycles. The van der Waals surface area contributed by atoms with E-state index in [0.29, 0.717) is 30.9 Å². The van der Waals surface area contributed by atoms with E-state index >= 15 is 0 Å². The molecule has 3 aliphatic heterocycles. The summed E-state index contributed by atoms with van der Waals surface area (Å²) in [5, 5.41) is 2.81. The van der Waals surface area contributed by atoms with Gasteiger partial charge in [-0.25, -0.2) is 8.42 Å². The summed E-state index contributed by atoms with van der Waals surface area (Å²) in [7, 11) is -3.70. The topological polar surface area (TPSA) is 88.5 Å². The van der Waals surface area contributed by atoms with Crippen LogP contribution in [0.4, 0.5) is 5.69 Å². The molecule has 2 atom stereocenters. The van der Waals surface area contributed by atoms with Gasteiger partial charge < -0.3 is 9.88 Å². The Kier molecular flexibility index (Phi) is 3.86. The molecule has 2 aromatic rings. The molecule has 0 saturated carbocycles. The Bertz CT molecular complexity index is 1200. The third-order valence-electron chi connectivity index (χ3n) is 6.56. The summed E-state index contributed by atoms with van der Waals surface area (Å²) in [5.74, 6) is 0.00197. The number of carbonyl (C=O) groups is 1. The van der Waals surface area contributed by atoms with Crippen LogP contribution < -0.4 is 10.9 Å². The molecule has 0 spiro atoms. The van der Waals surface area contributed by atoms with Crippen LogP contribution in [0.1, 0.15) is 37.4 Å². The lowest BCUT2D eigenvalue weighted by atomic mass is 9.84. The van der Waals surface area contributed by atoms with Gasteiger partial charge in [0.1, 0.15) is 0 Å². The van der Waals surface area contributed by atoms with Crippen molar-refractivity contribution in [3.05, 3.63) is 58.0 Å². The first kappa shape index (κ1) is 18.6. The van der Waals surface area contributed by atoms with E-state index in [2.05, 4.69) is 5.32 Å². The van der Waals surface area contributed by atoms with Gasteiger partial charge in [0.15, 0.2) is 0 Å². The maximum atomic E-state index is 13.4. The van der Waals surface area contributed by atoms with Crippen molar-refractivity contribution in [2.75, 3.05) is 18.4 Å². The number of hydrogen-bond donors (Lipinski definition) is 1. The predicted octanol–water partition coefficient (Wildman–Crippen LogP) is 1.89. The highest BCUT2D eigenvalue weighted by Crippen LogP contribution is 2.41. The SMILES string of the molecule is CC1(C)C(=O)Nc2ccc(S(=O)(=O)N3CC4CC(C3)c3cccc(=O)n3C4)cc21. The largest absolute Gasteiger partial charge is 0.325 e. The molecule has 2 bridgehead atoms. The standard InChI is InChI=1S/C21H23N3O4S/c1-21(2)16-9-15(6-7-17(16)22-20(21)26)29(27,28)23-10-13-8-14(12-23)18-4-3-5-19(25)24(18)11-13/h3-7,9,13-14H,8,10-12H2,1-2H3,(H,22,26). The van der Waals surface area contributed by atoms with Crippen molar-refractivity contribution in [2.45, 2.75) is 43.0 Å². The minimum absolute atomic E-state index is 0.0142. The number of sulfonamides is 1. The minimum Gasteiger partial charge on any atom is -0.325 e. The van der Waals surface area contributed by atoms with Gasteiger partial charge in [0.25, 0.3) is 5.56 Å². The summed E-state index contributed by atoms with van der Waals surface area (Å²) in [4.78, 5) is 24.6. The first-order valence-corrected chi connectivity index (χ1v) is 11.3. The number of pyridine rings is 1. The minimum atomic E-state index is -3.70. The number of fused-ring (bicyclic) bond motifs is 5. The summed E-state index contributed by atoms with van der Waals surface area (Å²) in [6, 6.07) is 10.1. The molecule has 0 radical (unpaired) electrons. The molecule has 1 N–H and O–H groups in total. The van der Waals surface area contributed by atoms with E-state index in [1.165, 1.54) is 0 Å². The summed E-state index contributed by atoms with van der Waals surface area (Å²) in [6.45, 7) is 4.90. The zero-order valence-electron chi connectivity index (χ0n) is 16.4. The fourth-order valence-electron chi connectivity index (χ4n) is 4.91. The second-order valence-electron chi connectivity index (χ2n) is 8.81. The molecule has 3 aliphatic rings. The summed E-state index contributed by atoms with van der Waals surface area (Å²) in [5.41, 5.74) is 1.50. The van der Waals surface area contributed by atoms with Gasteiger partial charge in [0.2, 0.25) is 15.9 Å². The summed E-state index contributed by atoms with van der Waals surface area (Å²) >= 11 is 0. The van der Waals surface area contributed by atoms with E-state index in [1.807, 2.05) is 6.07 Å². The molecule has 8 heteroatoms. The van der Waals surface area contributed by atoms with Gasteiger partial charge in [-0.15, -0.1) is 0 Å². The lowest BCUT2D eigenvalue weighted by molar-refractivity contribution is -0.119. The van der Waals surface area contributed by atoms with Crippen LogP contribution in [0.15, 0.2) is 46.1 Å². The van der Waals surface area contributed by atoms with Crippen LogP contribution in [0.25, 0.3) is 0 Å². The van der Waals surface area contributed by atoms with E-state index in [1.54, 1.807) is 53.1 Å². The summed E-state index contributed by atoms with van der Waals surface area (Å²) < 4.78 is 30.2. The molecule has 1 saturated heterocycles. The smallest absolute Gasteiger partial charge is 0.250 e. The lowest BCUT2D eigenvalue weighted by Gasteiger charge is -2.42. The van der Waals surface area contributed by atoms with E-state index in [-0.39, 0.29) is 28.2 Å². The number of hydrogen-bond acceptors (Lipinski definition) is 4. The monoisotopic (exact) mass is 413 g/mol. The van der Waals surface area contributed by atoms with Crippen LogP contribution in [-0.2, 0) is 26.8 Å². The van der Waals surface area contributed by atoms with Crippen molar-refractivity contribution >= 4 is 21.6 Å². The first-order chi connectivity index (χ1) is 13.7. The van der Waals surface area contributed by atoms with Gasteiger partial charge in [0.05, 0.1) is 10.3 Å². The number of aromatic nitrogens is 1.